The second-order valence-electron chi connectivity index (χ2n) is 7.03. The fourth-order valence-electron chi connectivity index (χ4n) is 3.38. The van der Waals surface area contributed by atoms with Gasteiger partial charge in [-0.3, -0.25) is 4.79 Å². The third-order valence-electron chi connectivity index (χ3n) is 4.94. The van der Waals surface area contributed by atoms with Crippen LogP contribution < -0.4 is 15.4 Å². The SMILES string of the molecule is COc1ccccc1Nc1cc(C(=O)NCCc2ccc(Cl)cc2)c2ccccc2n1. The minimum absolute atomic E-state index is 0.143. The first kappa shape index (κ1) is 20.7. The van der Waals surface area contributed by atoms with E-state index in [1.807, 2.05) is 72.8 Å². The van der Waals surface area contributed by atoms with Gasteiger partial charge in [0.05, 0.1) is 23.9 Å². The van der Waals surface area contributed by atoms with E-state index in [2.05, 4.69) is 15.6 Å². The molecule has 4 rings (SSSR count). The number of rotatable bonds is 7. The fraction of sp³-hybridized carbons (Fsp3) is 0.120. The number of carbonyl (C=O) groups is 1. The molecule has 31 heavy (non-hydrogen) atoms. The molecule has 0 radical (unpaired) electrons. The first-order valence-corrected chi connectivity index (χ1v) is 10.3. The molecule has 3 aromatic carbocycles. The van der Waals surface area contributed by atoms with Gasteiger partial charge in [-0.05, 0) is 48.4 Å². The van der Waals surface area contributed by atoms with Gasteiger partial charge in [0, 0.05) is 17.0 Å². The van der Waals surface area contributed by atoms with Crippen LogP contribution in [0.25, 0.3) is 10.9 Å². The maximum absolute atomic E-state index is 13.0. The number of para-hydroxylation sites is 3. The number of methoxy groups -OCH3 is 1. The monoisotopic (exact) mass is 431 g/mol. The summed E-state index contributed by atoms with van der Waals surface area (Å²) in [7, 11) is 1.62. The molecule has 0 spiro atoms. The molecule has 0 saturated carbocycles. The smallest absolute Gasteiger partial charge is 0.252 e. The Morgan fingerprint density at radius 2 is 1.74 bits per heavy atom. The lowest BCUT2D eigenvalue weighted by molar-refractivity contribution is 0.0956. The summed E-state index contributed by atoms with van der Waals surface area (Å²) in [5, 5.41) is 7.79. The summed E-state index contributed by atoms with van der Waals surface area (Å²) in [6.45, 7) is 0.520. The number of hydrogen-bond donors (Lipinski definition) is 2. The maximum atomic E-state index is 13.0. The van der Waals surface area contributed by atoms with Gasteiger partial charge in [-0.15, -0.1) is 0 Å². The second-order valence-corrected chi connectivity index (χ2v) is 7.47. The first-order chi connectivity index (χ1) is 15.1. The molecule has 0 aliphatic heterocycles. The van der Waals surface area contributed by atoms with Crippen molar-refractivity contribution in [3.63, 3.8) is 0 Å². The number of carbonyl (C=O) groups excluding carboxylic acids is 1. The van der Waals surface area contributed by atoms with Crippen LogP contribution in [0.4, 0.5) is 11.5 Å². The number of aromatic nitrogens is 1. The van der Waals surface area contributed by atoms with Gasteiger partial charge in [-0.1, -0.05) is 54.1 Å². The van der Waals surface area contributed by atoms with Gasteiger partial charge in [0.15, 0.2) is 0 Å². The van der Waals surface area contributed by atoms with E-state index in [1.165, 1.54) is 0 Å². The van der Waals surface area contributed by atoms with Crippen LogP contribution in [-0.4, -0.2) is 24.5 Å². The van der Waals surface area contributed by atoms with Crippen molar-refractivity contribution in [2.24, 2.45) is 0 Å². The van der Waals surface area contributed by atoms with E-state index in [0.29, 0.717) is 28.7 Å². The standard InChI is InChI=1S/C25H22ClN3O2/c1-31-23-9-5-4-8-22(23)29-24-16-20(19-6-2-3-7-21(19)28-24)25(30)27-15-14-17-10-12-18(26)13-11-17/h2-13,16H,14-15H2,1H3,(H,27,30)(H,28,29). The number of nitrogens with zero attached hydrogens (tertiary/aromatic N) is 1. The Balaban J connectivity index is 1.57. The number of anilines is 2. The average Bonchev–Trinajstić information content (AvgIpc) is 2.80. The summed E-state index contributed by atoms with van der Waals surface area (Å²) in [4.78, 5) is 17.7. The third kappa shape index (κ3) is 4.95. The fourth-order valence-corrected chi connectivity index (χ4v) is 3.51. The van der Waals surface area contributed by atoms with Gasteiger partial charge >= 0.3 is 0 Å². The normalized spacial score (nSPS) is 10.6. The lowest BCUT2D eigenvalue weighted by Crippen LogP contribution is -2.26. The molecule has 0 aliphatic carbocycles. The molecule has 1 amide bonds. The van der Waals surface area contributed by atoms with Crippen LogP contribution in [-0.2, 0) is 6.42 Å². The van der Waals surface area contributed by atoms with Crippen molar-refractivity contribution in [1.82, 2.24) is 10.3 Å². The van der Waals surface area contributed by atoms with Crippen LogP contribution in [0.1, 0.15) is 15.9 Å². The molecule has 0 bridgehead atoms. The van der Waals surface area contributed by atoms with E-state index in [-0.39, 0.29) is 5.91 Å². The van der Waals surface area contributed by atoms with Crippen LogP contribution in [0.5, 0.6) is 5.75 Å². The summed E-state index contributed by atoms with van der Waals surface area (Å²) >= 11 is 5.93. The van der Waals surface area contributed by atoms with E-state index < -0.39 is 0 Å². The van der Waals surface area contributed by atoms with Crippen molar-refractivity contribution in [3.05, 3.63) is 95.0 Å². The van der Waals surface area contributed by atoms with Gasteiger partial charge in [-0.25, -0.2) is 4.98 Å². The summed E-state index contributed by atoms with van der Waals surface area (Å²) in [6, 6.07) is 24.6. The highest BCUT2D eigenvalue weighted by Gasteiger charge is 2.14. The van der Waals surface area contributed by atoms with Crippen molar-refractivity contribution < 1.29 is 9.53 Å². The summed E-state index contributed by atoms with van der Waals surface area (Å²) in [5.74, 6) is 1.13. The van der Waals surface area contributed by atoms with E-state index in [0.717, 1.165) is 28.6 Å². The van der Waals surface area contributed by atoms with Crippen LogP contribution in [0, 0.1) is 0 Å². The molecule has 0 saturated heterocycles. The van der Waals surface area contributed by atoms with Gasteiger partial charge in [0.25, 0.3) is 5.91 Å². The molecular weight excluding hydrogens is 410 g/mol. The zero-order valence-corrected chi connectivity index (χ0v) is 17.8. The van der Waals surface area contributed by atoms with Gasteiger partial charge < -0.3 is 15.4 Å². The number of ether oxygens (including phenoxy) is 1. The summed E-state index contributed by atoms with van der Waals surface area (Å²) < 4.78 is 5.41. The molecular formula is C25H22ClN3O2. The third-order valence-corrected chi connectivity index (χ3v) is 5.19. The Kier molecular flexibility index (Phi) is 6.34. The minimum atomic E-state index is -0.143. The number of benzene rings is 3. The highest BCUT2D eigenvalue weighted by Crippen LogP contribution is 2.28. The number of halogens is 1. The molecule has 156 valence electrons. The van der Waals surface area contributed by atoms with Crippen molar-refractivity contribution in [2.75, 3.05) is 19.0 Å². The molecule has 0 atom stereocenters. The van der Waals surface area contributed by atoms with Gasteiger partial charge in [-0.2, -0.15) is 0 Å². The molecule has 5 nitrogen and oxygen atoms in total. The average molecular weight is 432 g/mol. The van der Waals surface area contributed by atoms with Crippen LogP contribution in [0.2, 0.25) is 5.02 Å². The van der Waals surface area contributed by atoms with Crippen molar-refractivity contribution >= 4 is 39.9 Å². The van der Waals surface area contributed by atoms with Crippen molar-refractivity contribution in [3.8, 4) is 5.75 Å². The predicted molar refractivity (Wildman–Crippen MR) is 126 cm³/mol. The van der Waals surface area contributed by atoms with Crippen LogP contribution in [0.15, 0.2) is 78.9 Å². The topological polar surface area (TPSA) is 63.2 Å². The minimum Gasteiger partial charge on any atom is -0.495 e. The second kappa shape index (κ2) is 9.49. The lowest BCUT2D eigenvalue weighted by Gasteiger charge is -2.13. The lowest BCUT2D eigenvalue weighted by atomic mass is 10.1. The summed E-state index contributed by atoms with van der Waals surface area (Å²) in [5.41, 5.74) is 3.20. The van der Waals surface area contributed by atoms with Crippen molar-refractivity contribution in [1.29, 1.82) is 0 Å². The van der Waals surface area contributed by atoms with E-state index in [9.17, 15) is 4.79 Å². The Bertz CT molecular complexity index is 1210. The number of pyridine rings is 1. The summed E-state index contributed by atoms with van der Waals surface area (Å²) in [6.07, 6.45) is 0.720. The Morgan fingerprint density at radius 1 is 1.00 bits per heavy atom. The molecule has 1 heterocycles. The molecule has 1 aromatic heterocycles. The first-order valence-electron chi connectivity index (χ1n) is 9.96. The number of hydrogen-bond acceptors (Lipinski definition) is 4. The van der Waals surface area contributed by atoms with Crippen LogP contribution >= 0.6 is 11.6 Å². The Hall–Kier alpha value is -3.57. The maximum Gasteiger partial charge on any atom is 0.252 e. The van der Waals surface area contributed by atoms with E-state index in [1.54, 1.807) is 13.2 Å². The van der Waals surface area contributed by atoms with E-state index >= 15 is 0 Å². The number of fused-ring (bicyclic) bond motifs is 1. The molecule has 2 N–H and O–H groups in total. The molecule has 0 fully saturated rings. The van der Waals surface area contributed by atoms with Gasteiger partial charge in [0.1, 0.15) is 11.6 Å². The molecule has 0 aliphatic rings. The number of amides is 1. The number of nitrogens with one attached hydrogen (secondary N) is 2. The highest BCUT2D eigenvalue weighted by molar-refractivity contribution is 6.30. The van der Waals surface area contributed by atoms with Gasteiger partial charge in [0.2, 0.25) is 0 Å². The largest absolute Gasteiger partial charge is 0.495 e. The molecule has 6 heteroatoms. The van der Waals surface area contributed by atoms with Crippen molar-refractivity contribution in [2.45, 2.75) is 6.42 Å². The highest BCUT2D eigenvalue weighted by atomic mass is 35.5. The van der Waals surface area contributed by atoms with E-state index in [4.69, 9.17) is 16.3 Å². The molecule has 0 unspecified atom stereocenters. The molecule has 4 aromatic rings. The quantitative estimate of drug-likeness (QED) is 0.399. The Morgan fingerprint density at radius 3 is 2.55 bits per heavy atom. The zero-order valence-electron chi connectivity index (χ0n) is 17.1. The zero-order chi connectivity index (χ0) is 21.6. The van der Waals surface area contributed by atoms with Crippen LogP contribution in [0.3, 0.4) is 0 Å². The predicted octanol–water partition coefficient (Wildman–Crippen LogP) is 5.61. The Labute approximate surface area is 186 Å².